The molecule has 0 atom stereocenters. The van der Waals surface area contributed by atoms with Crippen LogP contribution in [0.5, 0.6) is 11.5 Å². The third-order valence-corrected chi connectivity index (χ3v) is 7.01. The number of ether oxygens (including phenoxy) is 2. The van der Waals surface area contributed by atoms with Gasteiger partial charge in [0.2, 0.25) is 0 Å². The van der Waals surface area contributed by atoms with Crippen molar-refractivity contribution in [3.05, 3.63) is 90.5 Å². The number of benzene rings is 3. The summed E-state index contributed by atoms with van der Waals surface area (Å²) < 4.78 is 11.7. The van der Waals surface area contributed by atoms with Gasteiger partial charge in [-0.3, -0.25) is 29.8 Å². The topological polar surface area (TPSA) is 157 Å². The number of carbonyl (C=O) groups excluding carboxylic acids is 4. The molecule has 2 N–H and O–H groups in total. The first-order valence-electron chi connectivity index (χ1n) is 12.0. The van der Waals surface area contributed by atoms with E-state index in [1.807, 2.05) is 48.6 Å². The van der Waals surface area contributed by atoms with Crippen molar-refractivity contribution in [3.8, 4) is 11.5 Å². The second kappa shape index (κ2) is 12.2. The Hall–Kier alpha value is -4.79. The van der Waals surface area contributed by atoms with E-state index in [0.29, 0.717) is 19.7 Å². The molecule has 4 rings (SSSR count). The fourth-order valence-electron chi connectivity index (χ4n) is 3.96. The van der Waals surface area contributed by atoms with E-state index in [4.69, 9.17) is 9.47 Å². The fourth-order valence-corrected chi connectivity index (χ4v) is 4.74. The van der Waals surface area contributed by atoms with Crippen molar-refractivity contribution < 1.29 is 33.6 Å². The van der Waals surface area contributed by atoms with Crippen LogP contribution < -0.4 is 25.0 Å². The third kappa shape index (κ3) is 6.35. The van der Waals surface area contributed by atoms with Gasteiger partial charge in [0.1, 0.15) is 5.57 Å². The van der Waals surface area contributed by atoms with Crippen molar-refractivity contribution in [2.75, 3.05) is 23.9 Å². The summed E-state index contributed by atoms with van der Waals surface area (Å²) in [6.07, 6.45) is 1.28. The van der Waals surface area contributed by atoms with Crippen LogP contribution >= 0.6 is 22.6 Å². The highest BCUT2D eigenvalue weighted by molar-refractivity contribution is 14.1. The zero-order chi connectivity index (χ0) is 29.8. The van der Waals surface area contributed by atoms with Gasteiger partial charge in [0.15, 0.2) is 18.1 Å². The van der Waals surface area contributed by atoms with Crippen LogP contribution in [0.15, 0.2) is 60.2 Å². The monoisotopic (exact) mass is 670 g/mol. The summed E-state index contributed by atoms with van der Waals surface area (Å²) in [5.41, 5.74) is 2.52. The molecule has 1 saturated heterocycles. The Bertz CT molecular complexity index is 1620. The van der Waals surface area contributed by atoms with Crippen molar-refractivity contribution in [3.63, 3.8) is 0 Å². The first kappa shape index (κ1) is 29.2. The number of nitrogens with zero attached hydrogens (tertiary/aromatic N) is 2. The molecule has 3 aromatic rings. The molecular weight excluding hydrogens is 647 g/mol. The smallest absolute Gasteiger partial charge is 0.335 e. The lowest BCUT2D eigenvalue weighted by molar-refractivity contribution is -0.384. The number of carbonyl (C=O) groups is 4. The molecule has 210 valence electrons. The minimum Gasteiger partial charge on any atom is -0.493 e. The number of hydrogen-bond acceptors (Lipinski definition) is 8. The number of hydrogen-bond donors (Lipinski definition) is 2. The number of nitro groups is 1. The molecule has 1 aliphatic heterocycles. The largest absolute Gasteiger partial charge is 0.493 e. The number of barbiturate groups is 1. The highest BCUT2D eigenvalue weighted by atomic mass is 127. The third-order valence-electron chi connectivity index (χ3n) is 6.21. The SMILES string of the molecule is COc1cc(/C=C2/C(=O)NC(=O)N(c3ccc([N+](=O)[O-])cc3)C2=O)cc(I)c1OCC(=O)Nc1cccc(C)c1C. The summed E-state index contributed by atoms with van der Waals surface area (Å²) in [5, 5.41) is 15.9. The van der Waals surface area contributed by atoms with Crippen molar-refractivity contribution in [2.45, 2.75) is 13.8 Å². The Morgan fingerprint density at radius 2 is 1.83 bits per heavy atom. The number of non-ortho nitro benzene ring substituents is 1. The van der Waals surface area contributed by atoms with Crippen LogP contribution in [0.4, 0.5) is 21.9 Å². The molecular formula is C28H23IN4O8. The number of imide groups is 2. The molecule has 0 saturated carbocycles. The zero-order valence-electron chi connectivity index (χ0n) is 22.0. The van der Waals surface area contributed by atoms with Gasteiger partial charge >= 0.3 is 6.03 Å². The van der Waals surface area contributed by atoms with Gasteiger partial charge in [0, 0.05) is 17.8 Å². The molecule has 1 aliphatic rings. The number of anilines is 2. The van der Waals surface area contributed by atoms with E-state index < -0.39 is 22.8 Å². The van der Waals surface area contributed by atoms with E-state index in [1.54, 1.807) is 12.1 Å². The summed E-state index contributed by atoms with van der Waals surface area (Å²) in [4.78, 5) is 61.8. The maximum absolute atomic E-state index is 13.2. The van der Waals surface area contributed by atoms with Gasteiger partial charge in [-0.2, -0.15) is 0 Å². The Morgan fingerprint density at radius 3 is 2.49 bits per heavy atom. The average molecular weight is 670 g/mol. The molecule has 0 aliphatic carbocycles. The number of urea groups is 1. The molecule has 3 aromatic carbocycles. The van der Waals surface area contributed by atoms with Crippen molar-refractivity contribution >= 4 is 69.5 Å². The van der Waals surface area contributed by atoms with Crippen LogP contribution in [0.1, 0.15) is 16.7 Å². The van der Waals surface area contributed by atoms with Gasteiger partial charge in [-0.15, -0.1) is 0 Å². The molecule has 0 radical (unpaired) electrons. The van der Waals surface area contributed by atoms with Crippen LogP contribution in [0.3, 0.4) is 0 Å². The van der Waals surface area contributed by atoms with Crippen LogP contribution in [0.2, 0.25) is 0 Å². The van der Waals surface area contributed by atoms with Crippen LogP contribution in [-0.2, 0) is 14.4 Å². The molecule has 0 bridgehead atoms. The first-order valence-corrected chi connectivity index (χ1v) is 13.1. The van der Waals surface area contributed by atoms with Gasteiger partial charge in [-0.25, -0.2) is 9.69 Å². The van der Waals surface area contributed by atoms with Crippen LogP contribution in [0, 0.1) is 27.5 Å². The number of amides is 5. The number of nitrogens with one attached hydrogen (secondary N) is 2. The van der Waals surface area contributed by atoms with E-state index in [1.165, 1.54) is 31.4 Å². The minimum atomic E-state index is -0.985. The highest BCUT2D eigenvalue weighted by Gasteiger charge is 2.37. The van der Waals surface area contributed by atoms with Crippen molar-refractivity contribution in [1.82, 2.24) is 5.32 Å². The Labute approximate surface area is 247 Å². The first-order chi connectivity index (χ1) is 19.5. The molecule has 0 unspecified atom stereocenters. The van der Waals surface area contributed by atoms with Gasteiger partial charge < -0.3 is 14.8 Å². The van der Waals surface area contributed by atoms with Crippen LogP contribution in [0.25, 0.3) is 6.08 Å². The molecule has 12 nitrogen and oxygen atoms in total. The molecule has 0 spiro atoms. The fraction of sp³-hybridized carbons (Fsp3) is 0.143. The molecule has 5 amide bonds. The maximum Gasteiger partial charge on any atom is 0.335 e. The normalized spacial score (nSPS) is 14.1. The quantitative estimate of drug-likeness (QED) is 0.117. The zero-order valence-corrected chi connectivity index (χ0v) is 24.2. The lowest BCUT2D eigenvalue weighted by atomic mass is 10.1. The van der Waals surface area contributed by atoms with Gasteiger partial charge in [0.25, 0.3) is 23.4 Å². The standard InChI is InChI=1S/C28H23IN4O8/c1-15-5-4-6-22(16(15)2)30-24(34)14-41-25-21(29)12-17(13-23(25)40-3)11-20-26(35)31-28(37)32(27(20)36)18-7-9-19(10-8-18)33(38)39/h4-13H,14H2,1-3H3,(H,30,34)(H,31,35,37)/b20-11-. The van der Waals surface area contributed by atoms with Crippen molar-refractivity contribution in [1.29, 1.82) is 0 Å². The Kier molecular flexibility index (Phi) is 8.66. The van der Waals surface area contributed by atoms with E-state index in [9.17, 15) is 29.3 Å². The van der Waals surface area contributed by atoms with Gasteiger partial charge in [0.05, 0.1) is 21.3 Å². The second-order valence-electron chi connectivity index (χ2n) is 8.85. The number of aryl methyl sites for hydroxylation is 1. The number of methoxy groups -OCH3 is 1. The predicted octanol–water partition coefficient (Wildman–Crippen LogP) is 4.51. The Morgan fingerprint density at radius 1 is 1.12 bits per heavy atom. The summed E-state index contributed by atoms with van der Waals surface area (Å²) >= 11 is 1.97. The second-order valence-corrected chi connectivity index (χ2v) is 10.0. The molecule has 41 heavy (non-hydrogen) atoms. The van der Waals surface area contributed by atoms with E-state index in [-0.39, 0.29) is 41.0 Å². The Balaban J connectivity index is 1.56. The molecule has 1 heterocycles. The number of rotatable bonds is 8. The summed E-state index contributed by atoms with van der Waals surface area (Å²) in [6, 6.07) is 12.5. The van der Waals surface area contributed by atoms with E-state index in [2.05, 4.69) is 10.6 Å². The van der Waals surface area contributed by atoms with Gasteiger partial charge in [-0.05, 0) is 89.5 Å². The summed E-state index contributed by atoms with van der Waals surface area (Å²) in [5.74, 6) is -1.66. The minimum absolute atomic E-state index is 0.0477. The molecule has 1 fully saturated rings. The number of nitro benzene ring substituents is 1. The summed E-state index contributed by atoms with van der Waals surface area (Å²) in [6.45, 7) is 3.55. The van der Waals surface area contributed by atoms with E-state index >= 15 is 0 Å². The van der Waals surface area contributed by atoms with Crippen LogP contribution in [-0.4, -0.2) is 42.4 Å². The predicted molar refractivity (Wildman–Crippen MR) is 158 cm³/mol. The van der Waals surface area contributed by atoms with E-state index in [0.717, 1.165) is 23.3 Å². The van der Waals surface area contributed by atoms with Gasteiger partial charge in [-0.1, -0.05) is 12.1 Å². The molecule has 13 heteroatoms. The molecule has 0 aromatic heterocycles. The van der Waals surface area contributed by atoms with Crippen molar-refractivity contribution in [2.24, 2.45) is 0 Å². The lowest BCUT2D eigenvalue weighted by Gasteiger charge is -2.26. The highest BCUT2D eigenvalue weighted by Crippen LogP contribution is 2.35. The lowest BCUT2D eigenvalue weighted by Crippen LogP contribution is -2.54. The number of halogens is 1. The maximum atomic E-state index is 13.2. The summed E-state index contributed by atoms with van der Waals surface area (Å²) in [7, 11) is 1.40. The average Bonchev–Trinajstić information content (AvgIpc) is 2.93.